The number of nitrogens with zero attached hydrogens (tertiary/aromatic N) is 2. The van der Waals surface area contributed by atoms with Gasteiger partial charge in [-0.15, -0.1) is 10.2 Å². The average Bonchev–Trinajstić information content (AvgIpc) is 3.27. The molecule has 7 nitrogen and oxygen atoms in total. The Hall–Kier alpha value is -3.00. The van der Waals surface area contributed by atoms with Gasteiger partial charge in [0, 0.05) is 22.8 Å². The smallest absolute Gasteiger partial charge is 0.336 e. The summed E-state index contributed by atoms with van der Waals surface area (Å²) in [6, 6.07) is 8.19. The summed E-state index contributed by atoms with van der Waals surface area (Å²) in [7, 11) is 0. The fourth-order valence-corrected chi connectivity index (χ4v) is 3.20. The van der Waals surface area contributed by atoms with Crippen LogP contribution in [0.2, 0.25) is 0 Å². The molecule has 0 fully saturated rings. The molecule has 25 heavy (non-hydrogen) atoms. The van der Waals surface area contributed by atoms with E-state index in [1.807, 2.05) is 0 Å². The summed E-state index contributed by atoms with van der Waals surface area (Å²) < 4.78 is 16.0. The van der Waals surface area contributed by atoms with Gasteiger partial charge in [-0.05, 0) is 36.8 Å². The van der Waals surface area contributed by atoms with E-state index in [2.05, 4.69) is 10.2 Å². The molecule has 126 valence electrons. The number of thioether (sulfide) groups is 1. The Kier molecular flexibility index (Phi) is 3.81. The molecule has 0 aliphatic heterocycles. The minimum absolute atomic E-state index is 0.0837. The largest absolute Gasteiger partial charge is 0.508 e. The third-order valence-electron chi connectivity index (χ3n) is 3.71. The van der Waals surface area contributed by atoms with Crippen molar-refractivity contribution in [2.75, 3.05) is 0 Å². The van der Waals surface area contributed by atoms with Gasteiger partial charge in [0.1, 0.15) is 11.3 Å². The Morgan fingerprint density at radius 2 is 2.08 bits per heavy atom. The summed E-state index contributed by atoms with van der Waals surface area (Å²) >= 11 is 1.30. The average molecular weight is 356 g/mol. The Balaban J connectivity index is 1.63. The molecule has 1 aromatic carbocycles. The van der Waals surface area contributed by atoms with Crippen LogP contribution in [-0.2, 0) is 5.75 Å². The molecule has 0 spiro atoms. The van der Waals surface area contributed by atoms with Crippen molar-refractivity contribution in [3.63, 3.8) is 0 Å². The van der Waals surface area contributed by atoms with Gasteiger partial charge in [-0.3, -0.25) is 0 Å². The standard InChI is InChI=1S/C17H12N2O5S/c1-9-12(20)5-4-11-10(7-14(21)23-15(9)11)8-25-17-19-18-16(24-17)13-3-2-6-22-13/h2-7,20H,8H2,1H3. The zero-order valence-electron chi connectivity index (χ0n) is 13.1. The number of phenolic OH excluding ortho intramolecular Hbond substituents is 1. The van der Waals surface area contributed by atoms with Crippen molar-refractivity contribution in [2.24, 2.45) is 0 Å². The second-order valence-electron chi connectivity index (χ2n) is 5.32. The maximum atomic E-state index is 11.8. The van der Waals surface area contributed by atoms with Crippen LogP contribution in [0.4, 0.5) is 0 Å². The van der Waals surface area contributed by atoms with Crippen LogP contribution in [0.5, 0.6) is 5.75 Å². The third kappa shape index (κ3) is 2.91. The molecular weight excluding hydrogens is 344 g/mol. The molecule has 0 aliphatic rings. The second kappa shape index (κ2) is 6.14. The van der Waals surface area contributed by atoms with Gasteiger partial charge in [0.25, 0.3) is 11.1 Å². The van der Waals surface area contributed by atoms with Crippen molar-refractivity contribution in [2.45, 2.75) is 17.9 Å². The van der Waals surface area contributed by atoms with E-state index in [0.29, 0.717) is 33.8 Å². The molecule has 3 heterocycles. The van der Waals surface area contributed by atoms with Gasteiger partial charge in [0.05, 0.1) is 6.26 Å². The van der Waals surface area contributed by atoms with Crippen molar-refractivity contribution in [3.05, 3.63) is 58.1 Å². The summed E-state index contributed by atoms with van der Waals surface area (Å²) in [4.78, 5) is 11.8. The van der Waals surface area contributed by atoms with E-state index in [1.165, 1.54) is 24.1 Å². The quantitative estimate of drug-likeness (QED) is 0.436. The van der Waals surface area contributed by atoms with E-state index in [9.17, 15) is 9.90 Å². The van der Waals surface area contributed by atoms with E-state index < -0.39 is 5.63 Å². The zero-order chi connectivity index (χ0) is 17.4. The number of rotatable bonds is 4. The lowest BCUT2D eigenvalue weighted by molar-refractivity contribution is 0.447. The summed E-state index contributed by atoms with van der Waals surface area (Å²) in [6.07, 6.45) is 1.53. The molecular formula is C17H12N2O5S. The van der Waals surface area contributed by atoms with Crippen LogP contribution in [0, 0.1) is 6.92 Å². The SMILES string of the molecule is Cc1c(O)ccc2c(CSc3nnc(-c4ccco4)o3)cc(=O)oc12. The number of aromatic hydroxyl groups is 1. The molecule has 0 bridgehead atoms. The summed E-state index contributed by atoms with van der Waals surface area (Å²) in [5, 5.41) is 18.8. The Bertz CT molecular complexity index is 1100. The lowest BCUT2D eigenvalue weighted by atomic mass is 10.1. The van der Waals surface area contributed by atoms with Gasteiger partial charge in [0.2, 0.25) is 0 Å². The van der Waals surface area contributed by atoms with Crippen molar-refractivity contribution >= 4 is 22.7 Å². The van der Waals surface area contributed by atoms with E-state index in [1.54, 1.807) is 31.2 Å². The molecule has 8 heteroatoms. The Morgan fingerprint density at radius 3 is 2.88 bits per heavy atom. The highest BCUT2D eigenvalue weighted by molar-refractivity contribution is 7.98. The van der Waals surface area contributed by atoms with Crippen LogP contribution in [0.1, 0.15) is 11.1 Å². The minimum atomic E-state index is -0.474. The summed E-state index contributed by atoms with van der Waals surface area (Å²) in [6.45, 7) is 1.70. The molecule has 0 saturated heterocycles. The fraction of sp³-hybridized carbons (Fsp3) is 0.118. The minimum Gasteiger partial charge on any atom is -0.508 e. The summed E-state index contributed by atoms with van der Waals surface area (Å²) in [5.74, 6) is 1.31. The van der Waals surface area contributed by atoms with Crippen LogP contribution in [0.15, 0.2) is 59.9 Å². The highest BCUT2D eigenvalue weighted by atomic mass is 32.2. The van der Waals surface area contributed by atoms with Crippen LogP contribution < -0.4 is 5.63 Å². The highest BCUT2D eigenvalue weighted by Gasteiger charge is 2.14. The van der Waals surface area contributed by atoms with Gasteiger partial charge >= 0.3 is 5.63 Å². The molecule has 4 aromatic rings. The number of benzene rings is 1. The number of phenols is 1. The second-order valence-corrected chi connectivity index (χ2v) is 6.24. The van der Waals surface area contributed by atoms with E-state index in [0.717, 1.165) is 10.9 Å². The number of aromatic nitrogens is 2. The van der Waals surface area contributed by atoms with Gasteiger partial charge < -0.3 is 18.4 Å². The lowest BCUT2D eigenvalue weighted by Crippen LogP contribution is -2.01. The molecule has 0 atom stereocenters. The highest BCUT2D eigenvalue weighted by Crippen LogP contribution is 2.31. The van der Waals surface area contributed by atoms with Gasteiger partial charge in [0.15, 0.2) is 5.76 Å². The maximum Gasteiger partial charge on any atom is 0.336 e. The van der Waals surface area contributed by atoms with Crippen LogP contribution in [0.25, 0.3) is 22.6 Å². The Morgan fingerprint density at radius 1 is 1.20 bits per heavy atom. The number of fused-ring (bicyclic) bond motifs is 1. The van der Waals surface area contributed by atoms with Crippen molar-refractivity contribution in [3.8, 4) is 17.4 Å². The van der Waals surface area contributed by atoms with Crippen LogP contribution in [-0.4, -0.2) is 15.3 Å². The Labute approximate surface area is 145 Å². The lowest BCUT2D eigenvalue weighted by Gasteiger charge is -2.07. The zero-order valence-corrected chi connectivity index (χ0v) is 13.9. The van der Waals surface area contributed by atoms with E-state index in [4.69, 9.17) is 13.3 Å². The molecule has 0 unspecified atom stereocenters. The maximum absolute atomic E-state index is 11.8. The summed E-state index contributed by atoms with van der Waals surface area (Å²) in [5.41, 5.74) is 1.19. The predicted molar refractivity (Wildman–Crippen MR) is 90.4 cm³/mol. The van der Waals surface area contributed by atoms with Crippen LogP contribution >= 0.6 is 11.8 Å². The number of hydrogen-bond donors (Lipinski definition) is 1. The first-order valence-electron chi connectivity index (χ1n) is 7.37. The molecule has 0 saturated carbocycles. The molecule has 0 amide bonds. The van der Waals surface area contributed by atoms with Gasteiger partial charge in [-0.25, -0.2) is 4.79 Å². The van der Waals surface area contributed by atoms with E-state index >= 15 is 0 Å². The van der Waals surface area contributed by atoms with E-state index in [-0.39, 0.29) is 5.75 Å². The number of aryl methyl sites for hydroxylation is 1. The third-order valence-corrected chi connectivity index (χ3v) is 4.57. The van der Waals surface area contributed by atoms with Crippen LogP contribution in [0.3, 0.4) is 0 Å². The van der Waals surface area contributed by atoms with Gasteiger partial charge in [-0.2, -0.15) is 0 Å². The van der Waals surface area contributed by atoms with Crippen molar-refractivity contribution < 1.29 is 18.4 Å². The fourth-order valence-electron chi connectivity index (χ4n) is 2.44. The number of hydrogen-bond acceptors (Lipinski definition) is 8. The van der Waals surface area contributed by atoms with Crippen molar-refractivity contribution in [1.29, 1.82) is 0 Å². The first kappa shape index (κ1) is 15.5. The normalized spacial score (nSPS) is 11.2. The monoisotopic (exact) mass is 356 g/mol. The molecule has 4 rings (SSSR count). The first-order valence-corrected chi connectivity index (χ1v) is 8.36. The molecule has 1 N–H and O–H groups in total. The number of furan rings is 1. The first-order chi connectivity index (χ1) is 12.1. The topological polar surface area (TPSA) is 103 Å². The molecule has 0 aliphatic carbocycles. The predicted octanol–water partition coefficient (Wildman–Crippen LogP) is 3.74. The van der Waals surface area contributed by atoms with Crippen molar-refractivity contribution in [1.82, 2.24) is 10.2 Å². The molecule has 0 radical (unpaired) electrons. The van der Waals surface area contributed by atoms with Gasteiger partial charge in [-0.1, -0.05) is 11.8 Å². The molecule has 3 aromatic heterocycles.